The molecule has 0 bridgehead atoms. The van der Waals surface area contributed by atoms with Gasteiger partial charge in [0, 0.05) is 19.1 Å². The Morgan fingerprint density at radius 3 is 2.53 bits per heavy atom. The molecule has 1 aliphatic heterocycles. The van der Waals surface area contributed by atoms with E-state index in [2.05, 4.69) is 20.9 Å². The molecule has 3 amide bonds. The van der Waals surface area contributed by atoms with E-state index < -0.39 is 46.8 Å². The molecule has 1 aromatic rings. The number of rotatable bonds is 8. The number of hydrogen-bond acceptors (Lipinski definition) is 6. The molecule has 2 atom stereocenters. The molecule has 1 saturated carbocycles. The fourth-order valence-corrected chi connectivity index (χ4v) is 5.01. The number of aliphatic imine (C=N–C) groups is 1. The van der Waals surface area contributed by atoms with Crippen LogP contribution in [0.15, 0.2) is 23.2 Å². The van der Waals surface area contributed by atoms with Crippen molar-refractivity contribution in [2.45, 2.75) is 50.4 Å². The Balaban J connectivity index is 1.69. The number of methoxy groups -OCH3 is 1. The molecular weight excluding hydrogens is 503 g/mol. The van der Waals surface area contributed by atoms with Gasteiger partial charge >= 0.3 is 6.18 Å². The van der Waals surface area contributed by atoms with Crippen molar-refractivity contribution in [1.82, 2.24) is 10.6 Å². The Kier molecular flexibility index (Phi) is 8.63. The highest BCUT2D eigenvalue weighted by Crippen LogP contribution is 2.39. The highest BCUT2D eigenvalue weighted by atomic mass is 35.5. The molecule has 0 radical (unpaired) electrons. The number of primary amides is 1. The maximum Gasteiger partial charge on any atom is 0.416 e. The number of halogens is 4. The topological polar surface area (TPSA) is 135 Å². The molecule has 13 heteroatoms. The molecule has 1 fully saturated rings. The van der Waals surface area contributed by atoms with E-state index in [1.165, 1.54) is 7.11 Å². The summed E-state index contributed by atoms with van der Waals surface area (Å²) in [6, 6.07) is 2.39. The lowest BCUT2D eigenvalue weighted by Gasteiger charge is -2.39. The number of hydrogen-bond donors (Lipinski definition) is 4. The minimum Gasteiger partial charge on any atom is -0.383 e. The quantitative estimate of drug-likeness (QED) is 0.409. The van der Waals surface area contributed by atoms with E-state index in [9.17, 15) is 27.6 Å². The summed E-state index contributed by atoms with van der Waals surface area (Å²) in [6.45, 7) is 2.06. The molecule has 0 aromatic heterocycles. The first-order valence-electron chi connectivity index (χ1n) is 11.5. The molecular formula is C23H29ClF3N5O4. The summed E-state index contributed by atoms with van der Waals surface area (Å²) < 4.78 is 44.1. The van der Waals surface area contributed by atoms with Gasteiger partial charge < -0.3 is 21.1 Å². The number of anilines is 1. The van der Waals surface area contributed by atoms with Gasteiger partial charge in [0.2, 0.25) is 11.8 Å². The van der Waals surface area contributed by atoms with Crippen LogP contribution < -0.4 is 21.7 Å². The number of carbonyl (C=O) groups is 3. The summed E-state index contributed by atoms with van der Waals surface area (Å²) in [5.74, 6) is -2.66. The summed E-state index contributed by atoms with van der Waals surface area (Å²) in [6.07, 6.45) is -3.18. The molecule has 3 rings (SSSR count). The average Bonchev–Trinajstić information content (AvgIpc) is 3.26. The van der Waals surface area contributed by atoms with Gasteiger partial charge in [-0.25, -0.2) is 0 Å². The van der Waals surface area contributed by atoms with Crippen molar-refractivity contribution in [2.75, 3.05) is 25.7 Å². The fourth-order valence-electron chi connectivity index (χ4n) is 4.85. The van der Waals surface area contributed by atoms with Gasteiger partial charge in [-0.15, -0.1) is 0 Å². The minimum atomic E-state index is -4.58. The fraction of sp³-hybridized carbons (Fsp3) is 0.565. The van der Waals surface area contributed by atoms with Crippen molar-refractivity contribution in [3.8, 4) is 0 Å². The molecule has 36 heavy (non-hydrogen) atoms. The smallest absolute Gasteiger partial charge is 0.383 e. The lowest BCUT2D eigenvalue weighted by Crippen LogP contribution is -2.66. The number of benzene rings is 1. The van der Waals surface area contributed by atoms with Crippen LogP contribution in [0.25, 0.3) is 0 Å². The molecule has 5 N–H and O–H groups in total. The Bertz CT molecular complexity index is 1040. The zero-order valence-corrected chi connectivity index (χ0v) is 20.6. The van der Waals surface area contributed by atoms with Crippen molar-refractivity contribution in [3.05, 3.63) is 28.8 Å². The van der Waals surface area contributed by atoms with Crippen LogP contribution in [0.4, 0.5) is 18.9 Å². The molecule has 2 aliphatic rings. The lowest BCUT2D eigenvalue weighted by molar-refractivity contribution is -0.137. The molecule has 1 aromatic carbocycles. The van der Waals surface area contributed by atoms with E-state index in [1.807, 2.05) is 0 Å². The van der Waals surface area contributed by atoms with E-state index >= 15 is 0 Å². The predicted octanol–water partition coefficient (Wildman–Crippen LogP) is 2.48. The molecule has 198 valence electrons. The summed E-state index contributed by atoms with van der Waals surface area (Å²) in [7, 11) is 1.50. The first-order valence-corrected chi connectivity index (χ1v) is 11.8. The van der Waals surface area contributed by atoms with Crippen LogP contribution >= 0.6 is 11.6 Å². The number of ether oxygens (including phenoxy) is 1. The second-order valence-corrected chi connectivity index (χ2v) is 9.48. The third-order valence-electron chi connectivity index (χ3n) is 6.63. The highest BCUT2D eigenvalue weighted by molar-refractivity contribution is 6.47. The van der Waals surface area contributed by atoms with Gasteiger partial charge in [-0.05, 0) is 56.7 Å². The second kappa shape index (κ2) is 11.1. The molecule has 0 saturated heterocycles. The molecule has 1 aliphatic carbocycles. The van der Waals surface area contributed by atoms with Gasteiger partial charge in [0.05, 0.1) is 29.5 Å². The van der Waals surface area contributed by atoms with E-state index in [1.54, 1.807) is 6.92 Å². The lowest BCUT2D eigenvalue weighted by atomic mass is 9.69. The van der Waals surface area contributed by atoms with Crippen LogP contribution in [-0.4, -0.2) is 55.4 Å². The number of nitrogens with zero attached hydrogens (tertiary/aromatic N) is 1. The summed E-state index contributed by atoms with van der Waals surface area (Å²) in [5, 5.41) is 8.22. The van der Waals surface area contributed by atoms with Crippen LogP contribution in [0.2, 0.25) is 5.02 Å². The van der Waals surface area contributed by atoms with Crippen LogP contribution in [0.3, 0.4) is 0 Å². The Labute approximate surface area is 211 Å². The molecule has 2 unspecified atom stereocenters. The Hall–Kier alpha value is -2.70. The molecule has 1 heterocycles. The molecule has 9 nitrogen and oxygen atoms in total. The van der Waals surface area contributed by atoms with Gasteiger partial charge in [0.25, 0.3) is 5.91 Å². The largest absolute Gasteiger partial charge is 0.416 e. The van der Waals surface area contributed by atoms with Crippen molar-refractivity contribution >= 4 is 40.7 Å². The molecule has 0 spiro atoms. The number of nitrogens with one attached hydrogen (secondary N) is 3. The number of nitrogens with two attached hydrogens (primary N) is 1. The SMILES string of the molecule is COCC(C)NC(=O)C1=NCNC1(C(N)=O)C1CCC(C(=O)Nc2cc(C(F)(F)F)ccc2Cl)CC1. The third-order valence-corrected chi connectivity index (χ3v) is 6.96. The van der Waals surface area contributed by atoms with Crippen LogP contribution in [0.5, 0.6) is 0 Å². The van der Waals surface area contributed by atoms with Crippen LogP contribution in [-0.2, 0) is 25.3 Å². The number of alkyl halides is 3. The van der Waals surface area contributed by atoms with Crippen molar-refractivity contribution in [1.29, 1.82) is 0 Å². The zero-order chi connectivity index (χ0) is 26.7. The van der Waals surface area contributed by atoms with Crippen LogP contribution in [0, 0.1) is 11.8 Å². The zero-order valence-electron chi connectivity index (χ0n) is 19.9. The second-order valence-electron chi connectivity index (χ2n) is 9.07. The summed E-state index contributed by atoms with van der Waals surface area (Å²) in [4.78, 5) is 42.6. The van der Waals surface area contributed by atoms with Gasteiger partial charge in [-0.2, -0.15) is 13.2 Å². The normalized spacial score (nSPS) is 25.1. The number of carbonyl (C=O) groups excluding carboxylic acids is 3. The van der Waals surface area contributed by atoms with E-state index in [-0.39, 0.29) is 35.7 Å². The summed E-state index contributed by atoms with van der Waals surface area (Å²) in [5.41, 5.74) is 3.24. The first-order chi connectivity index (χ1) is 16.9. The maximum atomic E-state index is 13.0. The van der Waals surface area contributed by atoms with E-state index in [4.69, 9.17) is 22.1 Å². The van der Waals surface area contributed by atoms with Crippen molar-refractivity contribution < 1.29 is 32.3 Å². The predicted molar refractivity (Wildman–Crippen MR) is 127 cm³/mol. The monoisotopic (exact) mass is 531 g/mol. The average molecular weight is 532 g/mol. The van der Waals surface area contributed by atoms with E-state index in [0.29, 0.717) is 25.7 Å². The van der Waals surface area contributed by atoms with Crippen molar-refractivity contribution in [2.24, 2.45) is 22.6 Å². The first kappa shape index (κ1) is 27.9. The van der Waals surface area contributed by atoms with Gasteiger partial charge in [0.15, 0.2) is 0 Å². The van der Waals surface area contributed by atoms with E-state index in [0.717, 1.165) is 18.2 Å². The number of amides is 3. The highest BCUT2D eigenvalue weighted by Gasteiger charge is 2.54. The minimum absolute atomic E-state index is 0.00148. The summed E-state index contributed by atoms with van der Waals surface area (Å²) >= 11 is 5.99. The maximum absolute atomic E-state index is 13.0. The third kappa shape index (κ3) is 5.81. The Morgan fingerprint density at radius 1 is 1.28 bits per heavy atom. The van der Waals surface area contributed by atoms with Gasteiger partial charge in [-0.1, -0.05) is 11.6 Å². The van der Waals surface area contributed by atoms with Gasteiger partial charge in [0.1, 0.15) is 11.3 Å². The van der Waals surface area contributed by atoms with Crippen LogP contribution in [0.1, 0.15) is 38.2 Å². The van der Waals surface area contributed by atoms with Gasteiger partial charge in [-0.3, -0.25) is 24.7 Å². The van der Waals surface area contributed by atoms with Crippen molar-refractivity contribution in [3.63, 3.8) is 0 Å². The Morgan fingerprint density at radius 2 is 1.94 bits per heavy atom. The standard InChI is InChI=1S/C23H29ClF3N5O4/c1-12(10-36-2)31-20(34)18-22(21(28)35,30-11-29-18)14-5-3-13(4-6-14)19(33)32-17-9-15(23(25,26)27)7-8-16(17)24/h7-9,12-14,30H,3-6,10-11H2,1-2H3,(H2,28,35)(H,31,34)(H,32,33).